The van der Waals surface area contributed by atoms with Crippen molar-refractivity contribution in [1.82, 2.24) is 30.7 Å². The number of nitrogens with two attached hydrogens (primary N) is 1. The van der Waals surface area contributed by atoms with Gasteiger partial charge in [-0.2, -0.15) is 9.78 Å². The molecule has 3 rings (SSSR count). The minimum atomic E-state index is -0.653. The van der Waals surface area contributed by atoms with Gasteiger partial charge in [0.05, 0.1) is 17.2 Å². The predicted octanol–water partition coefficient (Wildman–Crippen LogP) is 0.441. The van der Waals surface area contributed by atoms with E-state index in [4.69, 9.17) is 10.5 Å². The molecule has 0 radical (unpaired) electrons. The minimum Gasteiger partial charge on any atom is -0.378 e. The third-order valence-corrected chi connectivity index (χ3v) is 3.78. The summed E-state index contributed by atoms with van der Waals surface area (Å²) in [6.07, 6.45) is 0. The van der Waals surface area contributed by atoms with Crippen LogP contribution in [0, 0.1) is 10.1 Å². The van der Waals surface area contributed by atoms with Crippen LogP contribution < -0.4 is 11.2 Å². The van der Waals surface area contributed by atoms with E-state index in [2.05, 4.69) is 35.8 Å². The monoisotopic (exact) mass is 401 g/mol. The van der Waals surface area contributed by atoms with Crippen molar-refractivity contribution in [2.24, 2.45) is 5.10 Å². The molecule has 0 saturated heterocycles. The Morgan fingerprint density at radius 1 is 1.38 bits per heavy atom. The van der Waals surface area contributed by atoms with E-state index in [1.807, 2.05) is 0 Å². The number of methoxy groups -OCH3 is 1. The number of non-ortho nitro benzene ring substituents is 1. The molecule has 14 heteroatoms. The number of nitrogens with one attached hydrogen (secondary N) is 1. The van der Waals surface area contributed by atoms with Gasteiger partial charge in [-0.15, -0.1) is 5.10 Å². The van der Waals surface area contributed by atoms with Gasteiger partial charge in [0.2, 0.25) is 11.6 Å². The molecular formula is C15H15N9O5. The molecule has 14 nitrogen and oxygen atoms in total. The highest BCUT2D eigenvalue weighted by Gasteiger charge is 2.23. The average Bonchev–Trinajstić information content (AvgIpc) is 3.32. The van der Waals surface area contributed by atoms with Gasteiger partial charge >= 0.3 is 0 Å². The summed E-state index contributed by atoms with van der Waals surface area (Å²) in [5.74, 6) is -0.625. The molecule has 0 unspecified atom stereocenters. The Morgan fingerprint density at radius 2 is 2.10 bits per heavy atom. The summed E-state index contributed by atoms with van der Waals surface area (Å²) in [4.78, 5) is 22.7. The lowest BCUT2D eigenvalue weighted by Crippen LogP contribution is -2.22. The fourth-order valence-electron chi connectivity index (χ4n) is 2.33. The van der Waals surface area contributed by atoms with E-state index in [1.54, 1.807) is 6.92 Å². The van der Waals surface area contributed by atoms with Crippen LogP contribution in [-0.2, 0) is 11.3 Å². The highest BCUT2D eigenvalue weighted by atomic mass is 16.6. The van der Waals surface area contributed by atoms with Gasteiger partial charge in [0.25, 0.3) is 11.6 Å². The summed E-state index contributed by atoms with van der Waals surface area (Å²) in [6.45, 7) is 1.61. The molecule has 0 aliphatic rings. The topological polar surface area (TPSA) is 189 Å². The maximum absolute atomic E-state index is 12.5. The van der Waals surface area contributed by atoms with Crippen molar-refractivity contribution in [3.63, 3.8) is 0 Å². The molecule has 1 amide bonds. The first-order chi connectivity index (χ1) is 13.9. The number of carbonyl (C=O) groups excluding carboxylic acids is 1. The van der Waals surface area contributed by atoms with Gasteiger partial charge in [0.1, 0.15) is 5.69 Å². The number of aromatic nitrogens is 5. The van der Waals surface area contributed by atoms with Gasteiger partial charge in [0.15, 0.2) is 5.69 Å². The average molecular weight is 401 g/mol. The van der Waals surface area contributed by atoms with E-state index in [9.17, 15) is 14.9 Å². The van der Waals surface area contributed by atoms with Crippen LogP contribution in [0.3, 0.4) is 0 Å². The van der Waals surface area contributed by atoms with Crippen molar-refractivity contribution < 1.29 is 19.1 Å². The number of nitrogen functional groups attached to an aromatic ring is 1. The molecular weight excluding hydrogens is 386 g/mol. The lowest BCUT2D eigenvalue weighted by Gasteiger charge is -2.05. The Balaban J connectivity index is 1.81. The third kappa shape index (κ3) is 4.06. The Morgan fingerprint density at radius 3 is 2.69 bits per heavy atom. The maximum atomic E-state index is 12.5. The number of nitro groups is 1. The lowest BCUT2D eigenvalue weighted by molar-refractivity contribution is -0.384. The minimum absolute atomic E-state index is 0.0207. The number of ether oxygens (including phenoxy) is 1. The van der Waals surface area contributed by atoms with Gasteiger partial charge in [-0.05, 0) is 34.9 Å². The van der Waals surface area contributed by atoms with Crippen LogP contribution >= 0.6 is 0 Å². The fraction of sp³-hybridized carbons (Fsp3) is 0.200. The highest BCUT2D eigenvalue weighted by Crippen LogP contribution is 2.16. The summed E-state index contributed by atoms with van der Waals surface area (Å²) in [5, 5.41) is 29.5. The number of benzene rings is 1. The van der Waals surface area contributed by atoms with Gasteiger partial charge in [-0.25, -0.2) is 10.1 Å². The van der Waals surface area contributed by atoms with Crippen LogP contribution in [0.2, 0.25) is 0 Å². The Labute approximate surface area is 162 Å². The smallest absolute Gasteiger partial charge is 0.293 e. The first-order valence-corrected chi connectivity index (χ1v) is 8.03. The van der Waals surface area contributed by atoms with Crippen molar-refractivity contribution in [2.75, 3.05) is 12.8 Å². The summed E-state index contributed by atoms with van der Waals surface area (Å²) in [5.41, 5.74) is 9.19. The van der Waals surface area contributed by atoms with Crippen LogP contribution in [0.15, 0.2) is 34.0 Å². The zero-order valence-corrected chi connectivity index (χ0v) is 15.3. The van der Waals surface area contributed by atoms with Crippen LogP contribution in [0.5, 0.6) is 0 Å². The number of hydrogen-bond donors (Lipinski definition) is 2. The molecule has 2 aromatic heterocycles. The van der Waals surface area contributed by atoms with E-state index in [0.717, 1.165) is 0 Å². The zero-order chi connectivity index (χ0) is 21.0. The SMILES string of the molecule is COCc1c(C(=O)N/N=C(\C)c2ccc([N+](=O)[O-])cc2)nnn1-c1nonc1N. The number of rotatable bonds is 7. The molecule has 150 valence electrons. The number of hydrogen-bond acceptors (Lipinski definition) is 11. The van der Waals surface area contributed by atoms with Gasteiger partial charge in [-0.1, -0.05) is 5.21 Å². The second-order valence-electron chi connectivity index (χ2n) is 5.64. The molecule has 0 fully saturated rings. The second kappa shape index (κ2) is 8.22. The first-order valence-electron chi connectivity index (χ1n) is 8.03. The number of nitro benzene ring substituents is 1. The summed E-state index contributed by atoms with van der Waals surface area (Å²) in [7, 11) is 1.43. The van der Waals surface area contributed by atoms with Crippen molar-refractivity contribution >= 4 is 23.1 Å². The summed E-state index contributed by atoms with van der Waals surface area (Å²) < 4.78 is 10.8. The fourth-order valence-corrected chi connectivity index (χ4v) is 2.33. The van der Waals surface area contributed by atoms with Crippen molar-refractivity contribution in [3.05, 3.63) is 51.3 Å². The number of hydrazone groups is 1. The molecule has 0 aliphatic carbocycles. The van der Waals surface area contributed by atoms with E-state index in [1.165, 1.54) is 36.1 Å². The predicted molar refractivity (Wildman–Crippen MR) is 97.1 cm³/mol. The molecule has 3 aromatic rings. The number of nitrogens with zero attached hydrogens (tertiary/aromatic N) is 7. The molecule has 3 N–H and O–H groups in total. The third-order valence-electron chi connectivity index (χ3n) is 3.78. The molecule has 0 bridgehead atoms. The lowest BCUT2D eigenvalue weighted by atomic mass is 10.1. The normalized spacial score (nSPS) is 11.4. The Kier molecular flexibility index (Phi) is 5.54. The van der Waals surface area contributed by atoms with Gasteiger partial charge < -0.3 is 10.5 Å². The van der Waals surface area contributed by atoms with Crippen molar-refractivity contribution in [1.29, 1.82) is 0 Å². The molecule has 29 heavy (non-hydrogen) atoms. The number of amides is 1. The van der Waals surface area contributed by atoms with Crippen LogP contribution in [0.25, 0.3) is 5.82 Å². The van der Waals surface area contributed by atoms with Gasteiger partial charge in [0, 0.05) is 19.2 Å². The van der Waals surface area contributed by atoms with Crippen molar-refractivity contribution in [2.45, 2.75) is 13.5 Å². The Bertz CT molecular complexity index is 1070. The van der Waals surface area contributed by atoms with E-state index in [-0.39, 0.29) is 35.3 Å². The van der Waals surface area contributed by atoms with E-state index >= 15 is 0 Å². The standard InChI is InChI=1S/C15H15N9O5/c1-8(9-3-5-10(6-4-9)24(26)27)17-19-15(25)12-11(7-28-2)23(22-18-12)14-13(16)20-29-21-14/h3-6H,7H2,1-2H3,(H2,16,20)(H,19,25)/b17-8+. The number of anilines is 1. The van der Waals surface area contributed by atoms with Gasteiger partial charge in [-0.3, -0.25) is 14.9 Å². The highest BCUT2D eigenvalue weighted by molar-refractivity contribution is 6.00. The quantitative estimate of drug-likeness (QED) is 0.319. The Hall–Kier alpha value is -4.20. The van der Waals surface area contributed by atoms with E-state index < -0.39 is 10.8 Å². The van der Waals surface area contributed by atoms with Crippen molar-refractivity contribution in [3.8, 4) is 5.82 Å². The second-order valence-corrected chi connectivity index (χ2v) is 5.64. The molecule has 0 spiro atoms. The van der Waals surface area contributed by atoms with Crippen LogP contribution in [-0.4, -0.2) is 49.0 Å². The first kappa shape index (κ1) is 19.6. The number of carbonyl (C=O) groups is 1. The molecule has 1 aromatic carbocycles. The summed E-state index contributed by atoms with van der Waals surface area (Å²) in [6, 6.07) is 5.73. The largest absolute Gasteiger partial charge is 0.378 e. The molecule has 2 heterocycles. The van der Waals surface area contributed by atoms with E-state index in [0.29, 0.717) is 11.3 Å². The molecule has 0 atom stereocenters. The van der Waals surface area contributed by atoms with Crippen LogP contribution in [0.1, 0.15) is 28.7 Å². The summed E-state index contributed by atoms with van der Waals surface area (Å²) >= 11 is 0. The zero-order valence-electron chi connectivity index (χ0n) is 15.3. The van der Waals surface area contributed by atoms with Crippen LogP contribution in [0.4, 0.5) is 11.5 Å². The molecule has 0 aliphatic heterocycles. The molecule has 0 saturated carbocycles. The maximum Gasteiger partial charge on any atom is 0.293 e.